The van der Waals surface area contributed by atoms with Gasteiger partial charge in [0.15, 0.2) is 0 Å². The molecule has 0 bridgehead atoms. The SMILES string of the molecule is Cc1ccc(-c2ccc(/C=N\Nc3nn[nH]n3)o2)cc1. The molecule has 0 unspecified atom stereocenters. The van der Waals surface area contributed by atoms with Gasteiger partial charge in [-0.1, -0.05) is 34.9 Å². The molecule has 20 heavy (non-hydrogen) atoms. The van der Waals surface area contributed by atoms with Crippen LogP contribution >= 0.6 is 0 Å². The second-order valence-electron chi connectivity index (χ2n) is 4.17. The first-order chi connectivity index (χ1) is 9.81. The largest absolute Gasteiger partial charge is 0.455 e. The number of tetrazole rings is 1. The molecule has 0 spiro atoms. The molecule has 2 heterocycles. The zero-order valence-electron chi connectivity index (χ0n) is 10.7. The van der Waals surface area contributed by atoms with Crippen molar-refractivity contribution in [3.8, 4) is 11.3 Å². The van der Waals surface area contributed by atoms with Crippen LogP contribution < -0.4 is 5.43 Å². The summed E-state index contributed by atoms with van der Waals surface area (Å²) in [6.07, 6.45) is 1.55. The predicted molar refractivity (Wildman–Crippen MR) is 74.3 cm³/mol. The summed E-state index contributed by atoms with van der Waals surface area (Å²) in [5.41, 5.74) is 4.87. The van der Waals surface area contributed by atoms with E-state index in [4.69, 9.17) is 4.42 Å². The highest BCUT2D eigenvalue weighted by Crippen LogP contribution is 2.21. The molecule has 0 aliphatic heterocycles. The summed E-state index contributed by atoms with van der Waals surface area (Å²) in [6, 6.07) is 11.9. The van der Waals surface area contributed by atoms with Crippen molar-refractivity contribution in [3.63, 3.8) is 0 Å². The van der Waals surface area contributed by atoms with Crippen LogP contribution in [0.4, 0.5) is 5.95 Å². The van der Waals surface area contributed by atoms with Gasteiger partial charge in [-0.15, -0.1) is 5.10 Å². The van der Waals surface area contributed by atoms with Crippen LogP contribution in [-0.2, 0) is 0 Å². The van der Waals surface area contributed by atoms with Gasteiger partial charge in [-0.25, -0.2) is 5.43 Å². The lowest BCUT2D eigenvalue weighted by Crippen LogP contribution is -1.91. The van der Waals surface area contributed by atoms with Crippen LogP contribution in [0.1, 0.15) is 11.3 Å². The molecule has 0 atom stereocenters. The Kier molecular flexibility index (Phi) is 3.24. The van der Waals surface area contributed by atoms with Crippen LogP contribution in [0.3, 0.4) is 0 Å². The molecule has 0 saturated carbocycles. The Morgan fingerprint density at radius 1 is 1.20 bits per heavy atom. The number of furan rings is 1. The van der Waals surface area contributed by atoms with Crippen molar-refractivity contribution < 1.29 is 4.42 Å². The number of hydrogen-bond acceptors (Lipinski definition) is 6. The minimum absolute atomic E-state index is 0.298. The molecule has 1 aromatic carbocycles. The molecule has 0 aliphatic carbocycles. The molecular formula is C13H12N6O. The average Bonchev–Trinajstić information content (AvgIpc) is 3.11. The minimum Gasteiger partial charge on any atom is -0.455 e. The number of nitrogens with one attached hydrogen (secondary N) is 2. The van der Waals surface area contributed by atoms with E-state index >= 15 is 0 Å². The number of aromatic amines is 1. The smallest absolute Gasteiger partial charge is 0.283 e. The lowest BCUT2D eigenvalue weighted by atomic mass is 10.1. The normalized spacial score (nSPS) is 11.1. The number of anilines is 1. The number of nitrogens with zero attached hydrogens (tertiary/aromatic N) is 4. The maximum absolute atomic E-state index is 5.68. The van der Waals surface area contributed by atoms with Gasteiger partial charge in [-0.2, -0.15) is 10.3 Å². The summed E-state index contributed by atoms with van der Waals surface area (Å²) in [4.78, 5) is 0. The maximum atomic E-state index is 5.68. The number of aryl methyl sites for hydroxylation is 1. The summed E-state index contributed by atoms with van der Waals surface area (Å²) in [6.45, 7) is 2.05. The van der Waals surface area contributed by atoms with Gasteiger partial charge >= 0.3 is 0 Å². The number of rotatable bonds is 4. The van der Waals surface area contributed by atoms with Crippen LogP contribution in [-0.4, -0.2) is 26.8 Å². The molecule has 0 amide bonds. The van der Waals surface area contributed by atoms with Crippen LogP contribution in [0.2, 0.25) is 0 Å². The summed E-state index contributed by atoms with van der Waals surface area (Å²) in [7, 11) is 0. The van der Waals surface area contributed by atoms with E-state index in [-0.39, 0.29) is 0 Å². The van der Waals surface area contributed by atoms with E-state index in [1.165, 1.54) is 5.56 Å². The van der Waals surface area contributed by atoms with E-state index < -0.39 is 0 Å². The first-order valence-electron chi connectivity index (χ1n) is 6.01. The lowest BCUT2D eigenvalue weighted by Gasteiger charge is -1.97. The second kappa shape index (κ2) is 5.35. The highest BCUT2D eigenvalue weighted by Gasteiger charge is 2.03. The Bertz CT molecular complexity index is 699. The van der Waals surface area contributed by atoms with Crippen molar-refractivity contribution in [1.29, 1.82) is 0 Å². The van der Waals surface area contributed by atoms with Crippen LogP contribution in [0.15, 0.2) is 45.9 Å². The second-order valence-corrected chi connectivity index (χ2v) is 4.17. The van der Waals surface area contributed by atoms with E-state index in [9.17, 15) is 0 Å². The number of aromatic nitrogens is 4. The fourth-order valence-corrected chi connectivity index (χ4v) is 1.66. The highest BCUT2D eigenvalue weighted by atomic mass is 16.3. The summed E-state index contributed by atoms with van der Waals surface area (Å²) in [5, 5.41) is 17.1. The molecule has 2 aromatic heterocycles. The van der Waals surface area contributed by atoms with Gasteiger partial charge in [-0.3, -0.25) is 0 Å². The predicted octanol–water partition coefficient (Wildman–Crippen LogP) is 2.21. The summed E-state index contributed by atoms with van der Waals surface area (Å²) >= 11 is 0. The fraction of sp³-hybridized carbons (Fsp3) is 0.0769. The number of hydrogen-bond donors (Lipinski definition) is 2. The van der Waals surface area contributed by atoms with Crippen LogP contribution in [0, 0.1) is 6.92 Å². The Balaban J connectivity index is 1.70. The molecule has 3 rings (SSSR count). The van der Waals surface area contributed by atoms with Gasteiger partial charge < -0.3 is 4.42 Å². The fourth-order valence-electron chi connectivity index (χ4n) is 1.66. The van der Waals surface area contributed by atoms with Gasteiger partial charge in [0.1, 0.15) is 11.5 Å². The Labute approximate surface area is 114 Å². The van der Waals surface area contributed by atoms with Gasteiger partial charge in [0, 0.05) is 5.56 Å². The van der Waals surface area contributed by atoms with E-state index in [0.29, 0.717) is 11.7 Å². The lowest BCUT2D eigenvalue weighted by molar-refractivity contribution is 0.575. The molecule has 7 nitrogen and oxygen atoms in total. The Morgan fingerprint density at radius 2 is 2.05 bits per heavy atom. The van der Waals surface area contributed by atoms with Crippen molar-refractivity contribution in [2.24, 2.45) is 5.10 Å². The zero-order chi connectivity index (χ0) is 13.8. The van der Waals surface area contributed by atoms with Crippen molar-refractivity contribution in [1.82, 2.24) is 20.6 Å². The van der Waals surface area contributed by atoms with Crippen LogP contribution in [0.25, 0.3) is 11.3 Å². The third kappa shape index (κ3) is 2.72. The summed E-state index contributed by atoms with van der Waals surface area (Å²) in [5.74, 6) is 1.73. The molecular weight excluding hydrogens is 256 g/mol. The molecule has 100 valence electrons. The third-order valence-corrected chi connectivity index (χ3v) is 2.66. The van der Waals surface area contributed by atoms with E-state index in [2.05, 4.69) is 31.2 Å². The molecule has 7 heteroatoms. The van der Waals surface area contributed by atoms with Crippen molar-refractivity contribution in [2.75, 3.05) is 5.43 Å². The van der Waals surface area contributed by atoms with Crippen molar-refractivity contribution in [2.45, 2.75) is 6.92 Å². The van der Waals surface area contributed by atoms with Gasteiger partial charge in [0.05, 0.1) is 6.21 Å². The Morgan fingerprint density at radius 3 is 2.80 bits per heavy atom. The van der Waals surface area contributed by atoms with Gasteiger partial charge in [0.25, 0.3) is 5.95 Å². The van der Waals surface area contributed by atoms with Crippen LogP contribution in [0.5, 0.6) is 0 Å². The zero-order valence-corrected chi connectivity index (χ0v) is 10.7. The first kappa shape index (κ1) is 12.1. The molecule has 0 saturated heterocycles. The number of H-pyrrole nitrogens is 1. The maximum Gasteiger partial charge on any atom is 0.283 e. The number of hydrazone groups is 1. The molecule has 2 N–H and O–H groups in total. The molecule has 3 aromatic rings. The topological polar surface area (TPSA) is 92.0 Å². The van der Waals surface area contributed by atoms with E-state index in [1.54, 1.807) is 6.21 Å². The Hall–Kier alpha value is -2.96. The first-order valence-corrected chi connectivity index (χ1v) is 6.01. The monoisotopic (exact) mass is 268 g/mol. The third-order valence-electron chi connectivity index (χ3n) is 2.66. The van der Waals surface area contributed by atoms with Gasteiger partial charge in [-0.05, 0) is 24.3 Å². The minimum atomic E-state index is 0.298. The van der Waals surface area contributed by atoms with Crippen molar-refractivity contribution >= 4 is 12.2 Å². The van der Waals surface area contributed by atoms with E-state index in [0.717, 1.165) is 11.3 Å². The highest BCUT2D eigenvalue weighted by molar-refractivity contribution is 5.77. The average molecular weight is 268 g/mol. The van der Waals surface area contributed by atoms with Gasteiger partial charge in [0.2, 0.25) is 0 Å². The summed E-state index contributed by atoms with van der Waals surface area (Å²) < 4.78 is 5.68. The van der Waals surface area contributed by atoms with E-state index in [1.807, 2.05) is 43.3 Å². The molecule has 0 radical (unpaired) electrons. The molecule has 0 aliphatic rings. The quantitative estimate of drug-likeness (QED) is 0.559. The number of benzene rings is 1. The molecule has 0 fully saturated rings. The standard InChI is InChI=1S/C13H12N6O/c1-9-2-4-10(5-3-9)12-7-6-11(20-12)8-14-15-13-16-18-19-17-13/h2-8H,1H3,(H2,15,16,17,18,19)/b14-8-. The van der Waals surface area contributed by atoms with Crippen molar-refractivity contribution in [3.05, 3.63) is 47.7 Å².